The molecule has 0 aromatic heterocycles. The van der Waals surface area contributed by atoms with Crippen molar-refractivity contribution in [3.63, 3.8) is 0 Å². The van der Waals surface area contributed by atoms with Crippen LogP contribution < -0.4 is 0 Å². The van der Waals surface area contributed by atoms with E-state index < -0.39 is 0 Å². The summed E-state index contributed by atoms with van der Waals surface area (Å²) in [7, 11) is 0. The van der Waals surface area contributed by atoms with E-state index in [0.717, 1.165) is 0 Å². The number of rotatable bonds is 6. The van der Waals surface area contributed by atoms with Gasteiger partial charge >= 0.3 is 0 Å². The first-order chi connectivity index (χ1) is 28.8. The average molecular weight is 735 g/mol. The molecule has 0 nitrogen and oxygen atoms in total. The van der Waals surface area contributed by atoms with Crippen molar-refractivity contribution in [2.75, 3.05) is 0 Å². The lowest BCUT2D eigenvalue weighted by Gasteiger charge is -2.19. The van der Waals surface area contributed by atoms with Gasteiger partial charge in [-0.3, -0.25) is 0 Å². The Hall–Kier alpha value is -7.54. The molecular formula is C58H38. The maximum Gasteiger partial charge on any atom is -0.00262 e. The molecule has 0 aliphatic rings. The Morgan fingerprint density at radius 3 is 1.03 bits per heavy atom. The van der Waals surface area contributed by atoms with Crippen LogP contribution >= 0.6 is 0 Å². The lowest BCUT2D eigenvalue weighted by atomic mass is 9.84. The fraction of sp³-hybridized carbons (Fsp3) is 0. The van der Waals surface area contributed by atoms with Crippen molar-refractivity contribution < 1.29 is 0 Å². The second kappa shape index (κ2) is 14.2. The number of fused-ring (bicyclic) bond motifs is 4. The van der Waals surface area contributed by atoms with Gasteiger partial charge in [0.25, 0.3) is 0 Å². The molecule has 0 radical (unpaired) electrons. The Bertz CT molecular complexity index is 3240. The molecule has 0 N–H and O–H groups in total. The lowest BCUT2D eigenvalue weighted by molar-refractivity contribution is 1.60. The van der Waals surface area contributed by atoms with Gasteiger partial charge in [-0.1, -0.05) is 224 Å². The van der Waals surface area contributed by atoms with E-state index in [1.54, 1.807) is 0 Å². The van der Waals surface area contributed by atoms with Gasteiger partial charge in [0, 0.05) is 0 Å². The first kappa shape index (κ1) is 33.8. The van der Waals surface area contributed by atoms with Crippen molar-refractivity contribution in [1.29, 1.82) is 0 Å². The summed E-state index contributed by atoms with van der Waals surface area (Å²) in [4.78, 5) is 0. The van der Waals surface area contributed by atoms with Crippen LogP contribution in [0.25, 0.3) is 110 Å². The quantitative estimate of drug-likeness (QED) is 0.149. The Morgan fingerprint density at radius 2 is 0.517 bits per heavy atom. The maximum atomic E-state index is 2.40. The molecule has 58 heavy (non-hydrogen) atoms. The summed E-state index contributed by atoms with van der Waals surface area (Å²) in [5.74, 6) is 0. The standard InChI is InChI=1S/C58H38/c1-3-16-39(17-4-1)49-36-34-40-18-8-10-25-48(40)56(49)43-30-32-44(33-31-43)57-51-26-11-13-28-53(51)58(54-29-14-12-27-52(54)57)46-23-15-22-45(38-46)50-37-35-41-19-7-9-24-47(41)55(50)42-20-5-2-6-21-42/h1-38H. The van der Waals surface area contributed by atoms with Crippen LogP contribution in [-0.2, 0) is 0 Å². The van der Waals surface area contributed by atoms with Crippen molar-refractivity contribution in [1.82, 2.24) is 0 Å². The fourth-order valence-electron chi connectivity index (χ4n) is 9.26. The molecule has 270 valence electrons. The van der Waals surface area contributed by atoms with E-state index in [4.69, 9.17) is 0 Å². The van der Waals surface area contributed by atoms with Gasteiger partial charge in [-0.2, -0.15) is 0 Å². The smallest absolute Gasteiger partial charge is 0.00262 e. The van der Waals surface area contributed by atoms with E-state index in [0.29, 0.717) is 0 Å². The summed E-state index contributed by atoms with van der Waals surface area (Å²) in [5, 5.41) is 10.0. The van der Waals surface area contributed by atoms with E-state index in [1.165, 1.54) is 110 Å². The summed E-state index contributed by atoms with van der Waals surface area (Å²) in [5.41, 5.74) is 14.8. The van der Waals surface area contributed by atoms with Crippen molar-refractivity contribution in [2.45, 2.75) is 0 Å². The third kappa shape index (κ3) is 5.69. The van der Waals surface area contributed by atoms with E-state index in [9.17, 15) is 0 Å². The molecule has 0 bridgehead atoms. The van der Waals surface area contributed by atoms with Gasteiger partial charge < -0.3 is 0 Å². The van der Waals surface area contributed by atoms with E-state index in [1.807, 2.05) is 0 Å². The Labute approximate surface area is 339 Å². The number of hydrogen-bond acceptors (Lipinski definition) is 0. The first-order valence-corrected chi connectivity index (χ1v) is 20.1. The van der Waals surface area contributed by atoms with Crippen LogP contribution in [0.5, 0.6) is 0 Å². The summed E-state index contributed by atoms with van der Waals surface area (Å²) in [6.45, 7) is 0. The van der Waals surface area contributed by atoms with Crippen molar-refractivity contribution in [2.24, 2.45) is 0 Å². The largest absolute Gasteiger partial charge is 0.0622 e. The average Bonchev–Trinajstić information content (AvgIpc) is 3.30. The highest BCUT2D eigenvalue weighted by Gasteiger charge is 2.19. The van der Waals surface area contributed by atoms with Crippen LogP contribution in [0.4, 0.5) is 0 Å². The van der Waals surface area contributed by atoms with E-state index >= 15 is 0 Å². The molecule has 0 saturated heterocycles. The zero-order valence-electron chi connectivity index (χ0n) is 31.9. The normalized spacial score (nSPS) is 11.4. The summed E-state index contributed by atoms with van der Waals surface area (Å²) < 4.78 is 0. The minimum absolute atomic E-state index is 1.21. The van der Waals surface area contributed by atoms with Crippen LogP contribution in [0, 0.1) is 0 Å². The minimum Gasteiger partial charge on any atom is -0.0622 e. The molecule has 11 aromatic carbocycles. The predicted octanol–water partition coefficient (Wildman–Crippen LogP) is 16.3. The van der Waals surface area contributed by atoms with Crippen LogP contribution in [0.1, 0.15) is 0 Å². The second-order valence-corrected chi connectivity index (χ2v) is 15.1. The van der Waals surface area contributed by atoms with E-state index in [-0.39, 0.29) is 0 Å². The molecule has 11 aromatic rings. The lowest BCUT2D eigenvalue weighted by Crippen LogP contribution is -1.92. The van der Waals surface area contributed by atoms with Crippen molar-refractivity contribution in [3.8, 4) is 66.8 Å². The molecule has 0 saturated carbocycles. The molecule has 0 aliphatic heterocycles. The monoisotopic (exact) mass is 734 g/mol. The molecule has 0 fully saturated rings. The highest BCUT2D eigenvalue weighted by atomic mass is 14.2. The molecule has 11 rings (SSSR count). The fourth-order valence-corrected chi connectivity index (χ4v) is 9.26. The Kier molecular flexibility index (Phi) is 8.26. The molecule has 0 heteroatoms. The molecule has 0 unspecified atom stereocenters. The van der Waals surface area contributed by atoms with Gasteiger partial charge in [0.2, 0.25) is 0 Å². The van der Waals surface area contributed by atoms with E-state index in [2.05, 4.69) is 231 Å². The van der Waals surface area contributed by atoms with Gasteiger partial charge in [0.05, 0.1) is 0 Å². The first-order valence-electron chi connectivity index (χ1n) is 20.1. The second-order valence-electron chi connectivity index (χ2n) is 15.1. The zero-order valence-corrected chi connectivity index (χ0v) is 31.9. The van der Waals surface area contributed by atoms with Crippen LogP contribution in [0.15, 0.2) is 231 Å². The minimum atomic E-state index is 1.21. The summed E-state index contributed by atoms with van der Waals surface area (Å²) in [6, 6.07) is 84.5. The topological polar surface area (TPSA) is 0 Å². The number of benzene rings is 11. The molecule has 0 atom stereocenters. The van der Waals surface area contributed by atoms with Gasteiger partial charge in [0.1, 0.15) is 0 Å². The maximum absolute atomic E-state index is 2.40. The molecule has 0 heterocycles. The molecule has 0 spiro atoms. The van der Waals surface area contributed by atoms with Gasteiger partial charge in [0.15, 0.2) is 0 Å². The van der Waals surface area contributed by atoms with Gasteiger partial charge in [-0.25, -0.2) is 0 Å². The third-order valence-corrected chi connectivity index (χ3v) is 11.9. The molecule has 0 amide bonds. The predicted molar refractivity (Wildman–Crippen MR) is 249 cm³/mol. The highest BCUT2D eigenvalue weighted by Crippen LogP contribution is 2.46. The highest BCUT2D eigenvalue weighted by molar-refractivity contribution is 6.21. The third-order valence-electron chi connectivity index (χ3n) is 11.9. The van der Waals surface area contributed by atoms with Gasteiger partial charge in [-0.15, -0.1) is 0 Å². The van der Waals surface area contributed by atoms with Crippen LogP contribution in [0.2, 0.25) is 0 Å². The van der Waals surface area contributed by atoms with Crippen molar-refractivity contribution in [3.05, 3.63) is 231 Å². The molecular weight excluding hydrogens is 697 g/mol. The zero-order chi connectivity index (χ0) is 38.4. The summed E-state index contributed by atoms with van der Waals surface area (Å²) >= 11 is 0. The SMILES string of the molecule is c1ccc(-c2ccc3ccccc3c2-c2ccc(-c3c4ccccc4c(-c4cccc(-c5ccc6ccccc6c5-c5ccccc5)c4)c4ccccc34)cc2)cc1. The van der Waals surface area contributed by atoms with Crippen molar-refractivity contribution >= 4 is 43.1 Å². The Morgan fingerprint density at radius 1 is 0.172 bits per heavy atom. The number of hydrogen-bond donors (Lipinski definition) is 0. The van der Waals surface area contributed by atoms with Gasteiger partial charge in [-0.05, 0) is 116 Å². The van der Waals surface area contributed by atoms with Crippen LogP contribution in [0.3, 0.4) is 0 Å². The summed E-state index contributed by atoms with van der Waals surface area (Å²) in [6.07, 6.45) is 0. The Balaban J connectivity index is 1.09. The van der Waals surface area contributed by atoms with Crippen LogP contribution in [-0.4, -0.2) is 0 Å². The molecule has 0 aliphatic carbocycles.